The van der Waals surface area contributed by atoms with Crippen LogP contribution in [0.1, 0.15) is 25.6 Å². The van der Waals surface area contributed by atoms with E-state index in [-0.39, 0.29) is 12.4 Å². The van der Waals surface area contributed by atoms with E-state index in [9.17, 15) is 0 Å². The number of aromatic nitrogens is 2. The molecule has 2 nitrogen and oxygen atoms in total. The third-order valence-corrected chi connectivity index (χ3v) is 1.46. The summed E-state index contributed by atoms with van der Waals surface area (Å²) in [4.78, 5) is 3.17. The van der Waals surface area contributed by atoms with Gasteiger partial charge in [-0.1, -0.05) is 13.8 Å². The molecule has 1 heterocycles. The number of nitrogens with one attached hydrogen (secondary N) is 1. The monoisotopic (exact) mass is 160 g/mol. The summed E-state index contributed by atoms with van der Waals surface area (Å²) in [6, 6.07) is 0. The molecule has 0 radical (unpaired) electrons. The van der Waals surface area contributed by atoms with Gasteiger partial charge in [-0.05, 0) is 0 Å². The number of rotatable bonds is 1. The molecule has 0 atom stereocenters. The zero-order chi connectivity index (χ0) is 6.85. The van der Waals surface area contributed by atoms with Crippen LogP contribution in [0.25, 0.3) is 0 Å². The summed E-state index contributed by atoms with van der Waals surface area (Å²) >= 11 is 0. The van der Waals surface area contributed by atoms with Crippen LogP contribution in [0.4, 0.5) is 0 Å². The molecule has 0 saturated heterocycles. The first-order chi connectivity index (χ1) is 4.22. The van der Waals surface area contributed by atoms with Crippen molar-refractivity contribution in [3.63, 3.8) is 0 Å². The van der Waals surface area contributed by atoms with E-state index in [2.05, 4.69) is 23.4 Å². The molecule has 0 bridgehead atoms. The smallest absolute Gasteiger partial charge is 0.256 e. The van der Waals surface area contributed by atoms with Crippen molar-refractivity contribution in [2.24, 2.45) is 7.05 Å². The highest BCUT2D eigenvalue weighted by molar-refractivity contribution is 4.83. The molecule has 3 heteroatoms. The van der Waals surface area contributed by atoms with Gasteiger partial charge in [0.15, 0.2) is 0 Å². The molecule has 0 unspecified atom stereocenters. The van der Waals surface area contributed by atoms with Crippen LogP contribution in [0.15, 0.2) is 12.4 Å². The molecule has 1 N–H and O–H groups in total. The second-order valence-corrected chi connectivity index (χ2v) is 2.61. The topological polar surface area (TPSA) is 19.7 Å². The Hall–Kier alpha value is -0.500. The van der Waals surface area contributed by atoms with E-state index in [4.69, 9.17) is 0 Å². The van der Waals surface area contributed by atoms with Crippen molar-refractivity contribution in [2.45, 2.75) is 19.8 Å². The Bertz CT molecular complexity index is 193. The first kappa shape index (κ1) is 9.50. The zero-order valence-corrected chi connectivity index (χ0v) is 7.31. The van der Waals surface area contributed by atoms with Gasteiger partial charge in [-0.2, -0.15) is 0 Å². The third kappa shape index (κ3) is 1.74. The summed E-state index contributed by atoms with van der Waals surface area (Å²) in [6.45, 7) is 4.34. The van der Waals surface area contributed by atoms with Gasteiger partial charge in [0.05, 0.1) is 13.0 Å². The van der Waals surface area contributed by atoms with Crippen molar-refractivity contribution in [3.8, 4) is 0 Å². The fourth-order valence-corrected chi connectivity index (χ4v) is 0.991. The van der Waals surface area contributed by atoms with E-state index in [1.165, 1.54) is 5.82 Å². The molecule has 58 valence electrons. The Morgan fingerprint density at radius 3 is 2.30 bits per heavy atom. The molecule has 1 rings (SSSR count). The van der Waals surface area contributed by atoms with Gasteiger partial charge in [0.25, 0.3) is 5.82 Å². The van der Waals surface area contributed by atoms with E-state index in [0.717, 1.165) is 0 Å². The van der Waals surface area contributed by atoms with Gasteiger partial charge >= 0.3 is 0 Å². The van der Waals surface area contributed by atoms with Crippen LogP contribution >= 0.6 is 0 Å². The average molecular weight is 161 g/mol. The molecule has 1 aromatic heterocycles. The normalized spacial score (nSPS) is 9.60. The Labute approximate surface area is 67.7 Å². The van der Waals surface area contributed by atoms with Crippen molar-refractivity contribution in [2.75, 3.05) is 0 Å². The van der Waals surface area contributed by atoms with E-state index < -0.39 is 0 Å². The van der Waals surface area contributed by atoms with Gasteiger partial charge < -0.3 is 12.4 Å². The number of halogens is 1. The summed E-state index contributed by atoms with van der Waals surface area (Å²) in [5.41, 5.74) is 0. The van der Waals surface area contributed by atoms with Crippen LogP contribution in [-0.4, -0.2) is 4.98 Å². The lowest BCUT2D eigenvalue weighted by Crippen LogP contribution is -3.00. The third-order valence-electron chi connectivity index (χ3n) is 1.46. The number of imidazole rings is 1. The molecule has 1 aromatic rings. The quantitative estimate of drug-likeness (QED) is 0.458. The fourth-order valence-electron chi connectivity index (χ4n) is 0.991. The van der Waals surface area contributed by atoms with Crippen LogP contribution in [0.2, 0.25) is 0 Å². The van der Waals surface area contributed by atoms with Crippen LogP contribution in [0.3, 0.4) is 0 Å². The average Bonchev–Trinajstić information content (AvgIpc) is 2.13. The first-order valence-electron chi connectivity index (χ1n) is 3.24. The maximum atomic E-state index is 3.17. The van der Waals surface area contributed by atoms with Gasteiger partial charge in [-0.15, -0.1) is 0 Å². The number of hydrogen-bond acceptors (Lipinski definition) is 0. The van der Waals surface area contributed by atoms with Gasteiger partial charge in [-0.3, -0.25) is 0 Å². The highest BCUT2D eigenvalue weighted by Gasteiger charge is 2.09. The van der Waals surface area contributed by atoms with E-state index in [0.29, 0.717) is 5.92 Å². The van der Waals surface area contributed by atoms with Crippen LogP contribution < -0.4 is 17.0 Å². The molecule has 0 saturated carbocycles. The van der Waals surface area contributed by atoms with Gasteiger partial charge in [0.1, 0.15) is 12.4 Å². The molecule has 0 amide bonds. The second-order valence-electron chi connectivity index (χ2n) is 2.61. The van der Waals surface area contributed by atoms with Crippen molar-refractivity contribution in [1.82, 2.24) is 4.98 Å². The minimum Gasteiger partial charge on any atom is -1.00 e. The summed E-state index contributed by atoms with van der Waals surface area (Å²) in [5.74, 6) is 1.86. The molecule has 0 aliphatic carbocycles. The van der Waals surface area contributed by atoms with E-state index in [1.54, 1.807) is 0 Å². The predicted octanol–water partition coefficient (Wildman–Crippen LogP) is -2.03. The van der Waals surface area contributed by atoms with Gasteiger partial charge in [0.2, 0.25) is 0 Å². The lowest BCUT2D eigenvalue weighted by atomic mass is 10.2. The lowest BCUT2D eigenvalue weighted by Gasteiger charge is -1.95. The highest BCUT2D eigenvalue weighted by Crippen LogP contribution is 2.03. The fraction of sp³-hybridized carbons (Fsp3) is 0.571. The Morgan fingerprint density at radius 2 is 2.10 bits per heavy atom. The summed E-state index contributed by atoms with van der Waals surface area (Å²) < 4.78 is 2.10. The van der Waals surface area contributed by atoms with Crippen LogP contribution in [0.5, 0.6) is 0 Å². The maximum Gasteiger partial charge on any atom is 0.256 e. The standard InChI is InChI=1S/C7H12N2.ClH/c1-6(2)7-8-4-5-9(7)3;/h4-6H,1-3H3;1H. The molecular weight excluding hydrogens is 148 g/mol. The van der Waals surface area contributed by atoms with Crippen molar-refractivity contribution < 1.29 is 17.0 Å². The molecule has 0 aromatic carbocycles. The highest BCUT2D eigenvalue weighted by atomic mass is 35.5. The summed E-state index contributed by atoms with van der Waals surface area (Å²) in [5, 5.41) is 0. The van der Waals surface area contributed by atoms with Crippen LogP contribution in [-0.2, 0) is 7.05 Å². The molecular formula is C7H13ClN2. The van der Waals surface area contributed by atoms with Crippen molar-refractivity contribution in [3.05, 3.63) is 18.2 Å². The molecule has 0 fully saturated rings. The van der Waals surface area contributed by atoms with Gasteiger partial charge in [-0.25, -0.2) is 9.55 Å². The zero-order valence-electron chi connectivity index (χ0n) is 6.56. The summed E-state index contributed by atoms with van der Waals surface area (Å²) in [7, 11) is 2.05. The van der Waals surface area contributed by atoms with Crippen molar-refractivity contribution >= 4 is 0 Å². The number of nitrogens with zero attached hydrogens (tertiary/aromatic N) is 1. The number of H-pyrrole nitrogens is 1. The number of aromatic amines is 1. The molecule has 0 aliphatic rings. The minimum absolute atomic E-state index is 0. The Morgan fingerprint density at radius 1 is 1.50 bits per heavy atom. The lowest BCUT2D eigenvalue weighted by molar-refractivity contribution is -0.678. The maximum absolute atomic E-state index is 3.17. The molecule has 0 aliphatic heterocycles. The SMILES string of the molecule is CC(C)c1[nH]cc[n+]1C.[Cl-]. The largest absolute Gasteiger partial charge is 1.00 e. The predicted molar refractivity (Wildman–Crippen MR) is 36.1 cm³/mol. The first-order valence-corrected chi connectivity index (χ1v) is 3.24. The Kier molecular flexibility index (Phi) is 3.43. The van der Waals surface area contributed by atoms with E-state index in [1.807, 2.05) is 19.4 Å². The van der Waals surface area contributed by atoms with Crippen molar-refractivity contribution in [1.29, 1.82) is 0 Å². The minimum atomic E-state index is 0. The second kappa shape index (κ2) is 3.62. The van der Waals surface area contributed by atoms with Crippen LogP contribution in [0, 0.1) is 0 Å². The molecule has 0 spiro atoms. The Balaban J connectivity index is 0.000000810. The number of hydrogen-bond donors (Lipinski definition) is 1. The number of aryl methyl sites for hydroxylation is 1. The van der Waals surface area contributed by atoms with E-state index >= 15 is 0 Å². The molecule has 10 heavy (non-hydrogen) atoms. The van der Waals surface area contributed by atoms with Gasteiger partial charge in [0, 0.05) is 0 Å². The summed E-state index contributed by atoms with van der Waals surface area (Å²) in [6.07, 6.45) is 3.98.